The average molecular weight is 269 g/mol. The number of halogens is 2. The van der Waals surface area contributed by atoms with Gasteiger partial charge in [0.1, 0.15) is 5.82 Å². The highest BCUT2D eigenvalue weighted by Gasteiger charge is 2.13. The van der Waals surface area contributed by atoms with Crippen molar-refractivity contribution in [2.75, 3.05) is 0 Å². The first kappa shape index (κ1) is 12.6. The Balaban J connectivity index is 2.45. The number of aliphatic carboxylic acids is 1. The van der Waals surface area contributed by atoms with Gasteiger partial charge < -0.3 is 5.11 Å². The van der Waals surface area contributed by atoms with E-state index in [0.717, 1.165) is 0 Å². The fourth-order valence-electron chi connectivity index (χ4n) is 1.65. The van der Waals surface area contributed by atoms with Crippen LogP contribution in [-0.2, 0) is 18.3 Å². The number of hydrogen-bond donors (Lipinski definition) is 1. The fraction of sp³-hybridized carbons (Fsp3) is 0.167. The summed E-state index contributed by atoms with van der Waals surface area (Å²) >= 11 is 5.80. The second-order valence-corrected chi connectivity index (χ2v) is 4.28. The van der Waals surface area contributed by atoms with Crippen LogP contribution in [0.15, 0.2) is 24.3 Å². The van der Waals surface area contributed by atoms with E-state index < -0.39 is 11.8 Å². The maximum absolute atomic E-state index is 13.6. The maximum Gasteiger partial charge on any atom is 0.309 e. The Morgan fingerprint density at radius 1 is 1.50 bits per heavy atom. The van der Waals surface area contributed by atoms with Gasteiger partial charge in [-0.25, -0.2) is 4.39 Å². The summed E-state index contributed by atoms with van der Waals surface area (Å²) in [6.45, 7) is 0. The first-order chi connectivity index (χ1) is 8.47. The number of aryl methyl sites for hydroxylation is 1. The Morgan fingerprint density at radius 3 is 2.89 bits per heavy atom. The summed E-state index contributed by atoms with van der Waals surface area (Å²) < 4.78 is 15.1. The number of rotatable bonds is 3. The molecular weight excluding hydrogens is 259 g/mol. The molecule has 0 aliphatic rings. The molecule has 0 fully saturated rings. The number of benzene rings is 1. The summed E-state index contributed by atoms with van der Waals surface area (Å²) in [6.07, 6.45) is -0.161. The summed E-state index contributed by atoms with van der Waals surface area (Å²) in [5.74, 6) is -1.41. The van der Waals surface area contributed by atoms with Gasteiger partial charge in [-0.15, -0.1) is 0 Å². The molecule has 0 saturated carbocycles. The third-order valence-electron chi connectivity index (χ3n) is 2.51. The topological polar surface area (TPSA) is 55.1 Å². The van der Waals surface area contributed by atoms with Crippen molar-refractivity contribution in [2.24, 2.45) is 7.05 Å². The Labute approximate surface area is 108 Å². The molecule has 0 aliphatic heterocycles. The van der Waals surface area contributed by atoms with E-state index in [1.807, 2.05) is 0 Å². The van der Waals surface area contributed by atoms with Gasteiger partial charge in [-0.1, -0.05) is 11.6 Å². The van der Waals surface area contributed by atoms with Crippen LogP contribution in [0.25, 0.3) is 11.3 Å². The van der Waals surface area contributed by atoms with Crippen LogP contribution in [0.5, 0.6) is 0 Å². The zero-order valence-electron chi connectivity index (χ0n) is 9.52. The lowest BCUT2D eigenvalue weighted by molar-refractivity contribution is -0.136. The molecule has 0 saturated heterocycles. The zero-order valence-corrected chi connectivity index (χ0v) is 10.3. The third-order valence-corrected chi connectivity index (χ3v) is 2.75. The first-order valence-corrected chi connectivity index (χ1v) is 5.55. The number of carbonyl (C=O) groups is 1. The van der Waals surface area contributed by atoms with Gasteiger partial charge in [-0.05, 0) is 24.3 Å². The zero-order chi connectivity index (χ0) is 13.3. The van der Waals surface area contributed by atoms with Crippen molar-refractivity contribution in [1.29, 1.82) is 0 Å². The minimum Gasteiger partial charge on any atom is -0.481 e. The minimum absolute atomic E-state index is 0.161. The smallest absolute Gasteiger partial charge is 0.309 e. The molecule has 2 aromatic rings. The summed E-state index contributed by atoms with van der Waals surface area (Å²) in [6, 6.07) is 5.71. The highest BCUT2D eigenvalue weighted by atomic mass is 35.5. The van der Waals surface area contributed by atoms with Gasteiger partial charge in [0.25, 0.3) is 0 Å². The van der Waals surface area contributed by atoms with E-state index in [4.69, 9.17) is 16.7 Å². The second-order valence-electron chi connectivity index (χ2n) is 3.84. The highest BCUT2D eigenvalue weighted by molar-refractivity contribution is 6.30. The van der Waals surface area contributed by atoms with Gasteiger partial charge in [0.05, 0.1) is 12.1 Å². The SMILES string of the molecule is Cn1nc(-c2cc(Cl)ccc2F)cc1CC(=O)O. The predicted octanol–water partition coefficient (Wildman–Crippen LogP) is 2.51. The van der Waals surface area contributed by atoms with Gasteiger partial charge in [-0.3, -0.25) is 9.48 Å². The number of nitrogens with zero attached hydrogens (tertiary/aromatic N) is 2. The standard InChI is InChI=1S/C12H10ClFN2O2/c1-16-8(6-12(17)18)5-11(15-16)9-4-7(13)2-3-10(9)14/h2-5H,6H2,1H3,(H,17,18). The molecule has 4 nitrogen and oxygen atoms in total. The van der Waals surface area contributed by atoms with Gasteiger partial charge >= 0.3 is 5.97 Å². The molecule has 2 rings (SSSR count). The molecule has 0 radical (unpaired) electrons. The van der Waals surface area contributed by atoms with Crippen molar-refractivity contribution in [1.82, 2.24) is 9.78 Å². The Kier molecular flexibility index (Phi) is 3.34. The molecule has 0 unspecified atom stereocenters. The van der Waals surface area contributed by atoms with Crippen molar-refractivity contribution >= 4 is 17.6 Å². The van der Waals surface area contributed by atoms with Crippen molar-refractivity contribution in [3.63, 3.8) is 0 Å². The molecule has 1 N–H and O–H groups in total. The number of hydrogen-bond acceptors (Lipinski definition) is 2. The van der Waals surface area contributed by atoms with Gasteiger partial charge in [-0.2, -0.15) is 5.10 Å². The lowest BCUT2D eigenvalue weighted by Crippen LogP contribution is -2.05. The number of aromatic nitrogens is 2. The molecule has 18 heavy (non-hydrogen) atoms. The quantitative estimate of drug-likeness (QED) is 0.931. The molecule has 1 aromatic carbocycles. The summed E-state index contributed by atoms with van der Waals surface area (Å²) in [4.78, 5) is 10.7. The lowest BCUT2D eigenvalue weighted by atomic mass is 10.1. The Bertz CT molecular complexity index is 610. The van der Waals surface area contributed by atoms with Crippen LogP contribution in [0.1, 0.15) is 5.69 Å². The molecule has 1 heterocycles. The van der Waals surface area contributed by atoms with E-state index in [-0.39, 0.29) is 12.0 Å². The molecule has 1 aromatic heterocycles. The van der Waals surface area contributed by atoms with Crippen LogP contribution in [0.4, 0.5) is 4.39 Å². The van der Waals surface area contributed by atoms with Crippen LogP contribution < -0.4 is 0 Å². The van der Waals surface area contributed by atoms with Crippen LogP contribution >= 0.6 is 11.6 Å². The van der Waals surface area contributed by atoms with Crippen molar-refractivity contribution < 1.29 is 14.3 Å². The summed E-state index contributed by atoms with van der Waals surface area (Å²) in [5, 5.41) is 13.2. The molecule has 0 aliphatic carbocycles. The maximum atomic E-state index is 13.6. The lowest BCUT2D eigenvalue weighted by Gasteiger charge is -1.99. The van der Waals surface area contributed by atoms with Gasteiger partial charge in [0, 0.05) is 23.3 Å². The molecular formula is C12H10ClFN2O2. The summed E-state index contributed by atoms with van der Waals surface area (Å²) in [7, 11) is 1.62. The van der Waals surface area contributed by atoms with Crippen LogP contribution in [0, 0.1) is 5.82 Å². The second kappa shape index (κ2) is 4.78. The third kappa shape index (κ3) is 2.51. The van der Waals surface area contributed by atoms with Gasteiger partial charge in [0.2, 0.25) is 0 Å². The molecule has 0 atom stereocenters. The Hall–Kier alpha value is -1.88. The molecule has 6 heteroatoms. The van der Waals surface area contributed by atoms with Crippen molar-refractivity contribution in [3.8, 4) is 11.3 Å². The molecule has 0 amide bonds. The normalized spacial score (nSPS) is 10.6. The molecule has 94 valence electrons. The minimum atomic E-state index is -0.962. The number of carboxylic acids is 1. The van der Waals surface area contributed by atoms with E-state index in [1.54, 1.807) is 13.1 Å². The predicted molar refractivity (Wildman–Crippen MR) is 65.0 cm³/mol. The number of carboxylic acid groups (broad SMARTS) is 1. The summed E-state index contributed by atoms with van der Waals surface area (Å²) in [5.41, 5.74) is 1.13. The van der Waals surface area contributed by atoms with E-state index in [0.29, 0.717) is 16.4 Å². The van der Waals surface area contributed by atoms with Crippen LogP contribution in [0.3, 0.4) is 0 Å². The van der Waals surface area contributed by atoms with Crippen LogP contribution in [0.2, 0.25) is 5.02 Å². The van der Waals surface area contributed by atoms with Gasteiger partial charge in [0.15, 0.2) is 0 Å². The van der Waals surface area contributed by atoms with E-state index in [2.05, 4.69) is 5.10 Å². The average Bonchev–Trinajstić information content (AvgIpc) is 2.63. The first-order valence-electron chi connectivity index (χ1n) is 5.17. The molecule has 0 spiro atoms. The monoisotopic (exact) mass is 268 g/mol. The Morgan fingerprint density at radius 2 is 2.22 bits per heavy atom. The van der Waals surface area contributed by atoms with Crippen molar-refractivity contribution in [3.05, 3.63) is 40.8 Å². The van der Waals surface area contributed by atoms with E-state index in [9.17, 15) is 9.18 Å². The highest BCUT2D eigenvalue weighted by Crippen LogP contribution is 2.25. The van der Waals surface area contributed by atoms with E-state index in [1.165, 1.54) is 22.9 Å². The fourth-order valence-corrected chi connectivity index (χ4v) is 1.82. The molecule has 0 bridgehead atoms. The largest absolute Gasteiger partial charge is 0.481 e. The van der Waals surface area contributed by atoms with E-state index >= 15 is 0 Å². The van der Waals surface area contributed by atoms with Crippen molar-refractivity contribution in [2.45, 2.75) is 6.42 Å². The van der Waals surface area contributed by atoms with Crippen LogP contribution in [-0.4, -0.2) is 20.9 Å².